The largest absolute Gasteiger partial charge is 0.358 e. The van der Waals surface area contributed by atoms with Crippen LogP contribution >= 0.6 is 0 Å². The summed E-state index contributed by atoms with van der Waals surface area (Å²) >= 11 is 0. The minimum Gasteiger partial charge on any atom is -0.358 e. The monoisotopic (exact) mass is 433 g/mol. The molecule has 10 heteroatoms. The molecule has 0 aliphatic carbocycles. The van der Waals surface area contributed by atoms with Crippen LogP contribution in [0.15, 0.2) is 59.9 Å². The van der Waals surface area contributed by atoms with E-state index in [1.54, 1.807) is 12.1 Å². The van der Waals surface area contributed by atoms with Crippen molar-refractivity contribution in [3.63, 3.8) is 0 Å². The van der Waals surface area contributed by atoms with E-state index in [4.69, 9.17) is 0 Å². The zero-order chi connectivity index (χ0) is 22.2. The normalized spacial score (nSPS) is 12.3. The summed E-state index contributed by atoms with van der Waals surface area (Å²) in [6, 6.07) is 9.29. The summed E-state index contributed by atoms with van der Waals surface area (Å²) in [7, 11) is 0. The second kappa shape index (κ2) is 7.80. The molecular weight excluding hydrogens is 416 g/mol. The van der Waals surface area contributed by atoms with Crippen molar-refractivity contribution in [2.75, 3.05) is 5.32 Å². The van der Waals surface area contributed by atoms with Crippen LogP contribution in [0.2, 0.25) is 0 Å². The van der Waals surface area contributed by atoms with E-state index in [-0.39, 0.29) is 16.6 Å². The molecule has 2 N–H and O–H groups in total. The Morgan fingerprint density at radius 2 is 1.97 bits per heavy atom. The lowest BCUT2D eigenvalue weighted by atomic mass is 10.1. The Labute approximate surface area is 180 Å². The average Bonchev–Trinajstić information content (AvgIpc) is 3.27. The van der Waals surface area contributed by atoms with Crippen LogP contribution < -0.4 is 10.9 Å². The summed E-state index contributed by atoms with van der Waals surface area (Å²) in [5.74, 6) is -0.471. The number of aromatic nitrogens is 6. The van der Waals surface area contributed by atoms with Crippen LogP contribution in [0.3, 0.4) is 0 Å². The number of hydrogen-bond donors (Lipinski definition) is 2. The Bertz CT molecular complexity index is 1510. The summed E-state index contributed by atoms with van der Waals surface area (Å²) in [5, 5.41) is 3.10. The van der Waals surface area contributed by atoms with Gasteiger partial charge in [0.15, 0.2) is 11.5 Å². The highest BCUT2D eigenvalue weighted by molar-refractivity contribution is 5.82. The second-order valence-electron chi connectivity index (χ2n) is 7.15. The van der Waals surface area contributed by atoms with Gasteiger partial charge in [0.2, 0.25) is 0 Å². The third-order valence-corrected chi connectivity index (χ3v) is 5.19. The average molecular weight is 433 g/mol. The molecule has 8 nitrogen and oxygen atoms in total. The molecule has 1 atom stereocenters. The summed E-state index contributed by atoms with van der Waals surface area (Å²) in [5.41, 5.74) is 0.911. The van der Waals surface area contributed by atoms with Crippen molar-refractivity contribution >= 4 is 27.9 Å². The number of rotatable bonds is 5. The lowest BCUT2D eigenvalue weighted by Crippen LogP contribution is -2.29. The predicted octanol–water partition coefficient (Wildman–Crippen LogP) is 3.89. The highest BCUT2D eigenvalue weighted by atomic mass is 19.1. The molecule has 0 amide bonds. The molecule has 3 aromatic heterocycles. The first-order valence-corrected chi connectivity index (χ1v) is 9.94. The molecule has 0 saturated carbocycles. The SMILES string of the molecule is CC[C@@H](Nc1ncnc2[nH]cnc12)c1nc2cccc(F)c2c(=O)n1-c1cccc(F)c1. The number of fused-ring (bicyclic) bond motifs is 2. The number of hydrogen-bond acceptors (Lipinski definition) is 6. The van der Waals surface area contributed by atoms with E-state index in [1.165, 1.54) is 47.6 Å². The molecule has 0 bridgehead atoms. The molecule has 32 heavy (non-hydrogen) atoms. The van der Waals surface area contributed by atoms with E-state index in [1.807, 2.05) is 6.92 Å². The van der Waals surface area contributed by atoms with E-state index < -0.39 is 23.2 Å². The smallest absolute Gasteiger partial charge is 0.269 e. The van der Waals surface area contributed by atoms with Crippen molar-refractivity contribution in [1.82, 2.24) is 29.5 Å². The van der Waals surface area contributed by atoms with Crippen molar-refractivity contribution in [3.05, 3.63) is 82.9 Å². The standard InChI is InChI=1S/C22H17F2N7O/c1-2-15(29-20-18-19(26-10-25-18)27-11-28-20)21-30-16-8-4-7-14(24)17(16)22(32)31(21)13-6-3-5-12(23)9-13/h3-11,15H,2H2,1H3,(H2,25,26,27,28,29)/t15-/m1/s1. The summed E-state index contributed by atoms with van der Waals surface area (Å²) < 4.78 is 29.8. The predicted molar refractivity (Wildman–Crippen MR) is 116 cm³/mol. The van der Waals surface area contributed by atoms with Crippen molar-refractivity contribution in [3.8, 4) is 5.69 Å². The summed E-state index contributed by atoms with van der Waals surface area (Å²) in [6.07, 6.45) is 3.39. The zero-order valence-corrected chi connectivity index (χ0v) is 16.9. The molecule has 0 spiro atoms. The number of halogens is 2. The molecule has 0 fully saturated rings. The molecule has 0 unspecified atom stereocenters. The molecule has 5 aromatic rings. The fourth-order valence-corrected chi connectivity index (χ4v) is 3.69. The van der Waals surface area contributed by atoms with E-state index in [2.05, 4.69) is 30.2 Å². The zero-order valence-electron chi connectivity index (χ0n) is 16.9. The van der Waals surface area contributed by atoms with E-state index in [9.17, 15) is 13.6 Å². The Kier molecular flexibility index (Phi) is 4.81. The van der Waals surface area contributed by atoms with Crippen molar-refractivity contribution in [1.29, 1.82) is 0 Å². The maximum Gasteiger partial charge on any atom is 0.269 e. The third kappa shape index (κ3) is 3.25. The lowest BCUT2D eigenvalue weighted by molar-refractivity contribution is 0.619. The first kappa shape index (κ1) is 19.7. The quantitative estimate of drug-likeness (QED) is 0.436. The van der Waals surface area contributed by atoms with Crippen molar-refractivity contribution < 1.29 is 8.78 Å². The van der Waals surface area contributed by atoms with Crippen LogP contribution in [0.25, 0.3) is 27.8 Å². The Hall–Kier alpha value is -4.21. The fraction of sp³-hybridized carbons (Fsp3) is 0.136. The number of nitrogens with one attached hydrogen (secondary N) is 2. The molecular formula is C22H17F2N7O. The van der Waals surface area contributed by atoms with Crippen LogP contribution in [-0.4, -0.2) is 29.5 Å². The van der Waals surface area contributed by atoms with E-state index in [0.717, 1.165) is 0 Å². The van der Waals surface area contributed by atoms with Crippen LogP contribution in [0, 0.1) is 11.6 Å². The molecule has 2 aromatic carbocycles. The van der Waals surface area contributed by atoms with Gasteiger partial charge in [0.05, 0.1) is 23.6 Å². The maximum atomic E-state index is 14.6. The minimum absolute atomic E-state index is 0.160. The van der Waals surface area contributed by atoms with Gasteiger partial charge in [0.25, 0.3) is 5.56 Å². The molecule has 5 rings (SSSR count). The van der Waals surface area contributed by atoms with Gasteiger partial charge in [-0.15, -0.1) is 0 Å². The van der Waals surface area contributed by atoms with E-state index >= 15 is 0 Å². The molecule has 0 aliphatic heterocycles. The van der Waals surface area contributed by atoms with Gasteiger partial charge in [0, 0.05) is 0 Å². The number of benzene rings is 2. The van der Waals surface area contributed by atoms with Crippen LogP contribution in [-0.2, 0) is 0 Å². The summed E-state index contributed by atoms with van der Waals surface area (Å²) in [4.78, 5) is 33.6. The van der Waals surface area contributed by atoms with Crippen LogP contribution in [0.5, 0.6) is 0 Å². The third-order valence-electron chi connectivity index (χ3n) is 5.19. The van der Waals surface area contributed by atoms with Crippen LogP contribution in [0.1, 0.15) is 25.2 Å². The summed E-state index contributed by atoms with van der Waals surface area (Å²) in [6.45, 7) is 1.90. The van der Waals surface area contributed by atoms with Crippen molar-refractivity contribution in [2.45, 2.75) is 19.4 Å². The van der Waals surface area contributed by atoms with Gasteiger partial charge in [-0.3, -0.25) is 9.36 Å². The molecule has 0 aliphatic rings. The fourth-order valence-electron chi connectivity index (χ4n) is 3.69. The van der Waals surface area contributed by atoms with Crippen molar-refractivity contribution in [2.24, 2.45) is 0 Å². The number of aromatic amines is 1. The highest BCUT2D eigenvalue weighted by Gasteiger charge is 2.23. The Balaban J connectivity index is 1.75. The number of nitrogens with zero attached hydrogens (tertiary/aromatic N) is 5. The maximum absolute atomic E-state index is 14.6. The minimum atomic E-state index is -0.688. The molecule has 160 valence electrons. The van der Waals surface area contributed by atoms with Gasteiger partial charge in [0.1, 0.15) is 34.7 Å². The molecule has 3 heterocycles. The van der Waals surface area contributed by atoms with Gasteiger partial charge in [-0.05, 0) is 36.8 Å². The van der Waals surface area contributed by atoms with Gasteiger partial charge >= 0.3 is 0 Å². The van der Waals surface area contributed by atoms with E-state index in [0.29, 0.717) is 29.2 Å². The second-order valence-corrected chi connectivity index (χ2v) is 7.15. The Morgan fingerprint density at radius 3 is 2.78 bits per heavy atom. The Morgan fingerprint density at radius 1 is 1.12 bits per heavy atom. The van der Waals surface area contributed by atoms with Crippen LogP contribution in [0.4, 0.5) is 14.6 Å². The molecule has 0 saturated heterocycles. The topological polar surface area (TPSA) is 101 Å². The lowest BCUT2D eigenvalue weighted by Gasteiger charge is -2.22. The molecule has 0 radical (unpaired) electrons. The van der Waals surface area contributed by atoms with Gasteiger partial charge in [-0.25, -0.2) is 28.7 Å². The number of imidazole rings is 1. The highest BCUT2D eigenvalue weighted by Crippen LogP contribution is 2.26. The van der Waals surface area contributed by atoms with Gasteiger partial charge in [-0.2, -0.15) is 0 Å². The van der Waals surface area contributed by atoms with Gasteiger partial charge < -0.3 is 10.3 Å². The first-order chi connectivity index (χ1) is 15.6. The van der Waals surface area contributed by atoms with Gasteiger partial charge in [-0.1, -0.05) is 19.1 Å². The number of H-pyrrole nitrogens is 1. The number of anilines is 1. The first-order valence-electron chi connectivity index (χ1n) is 9.94.